The van der Waals surface area contributed by atoms with Gasteiger partial charge in [-0.1, -0.05) is 59.8 Å². The smallest absolute Gasteiger partial charge is 0.342 e. The highest BCUT2D eigenvalue weighted by molar-refractivity contribution is 6.75. The fourth-order valence-electron chi connectivity index (χ4n) is 4.66. The average molecular weight is 547 g/mol. The lowest BCUT2D eigenvalue weighted by Crippen LogP contribution is -2.48. The molecule has 1 fully saturated rings. The zero-order valence-corrected chi connectivity index (χ0v) is 26.9. The Morgan fingerprint density at radius 2 is 1.59 bits per heavy atom. The van der Waals surface area contributed by atoms with Gasteiger partial charge in [-0.25, -0.2) is 4.79 Å². The SMILES string of the molecule is C=CC[C@H]1C[C@H]2C[C@H](O[Si](C)(C)C(C)(C)C)C[C@H](Cc3cccc(O[Si](C)(C)C(C)(C)C)c3C(=O)O1)O2. The number of carbonyl (C=O) groups excluding carboxylic acids is 1. The number of ether oxygens (including phenoxy) is 2. The van der Waals surface area contributed by atoms with Gasteiger partial charge < -0.3 is 18.3 Å². The lowest BCUT2D eigenvalue weighted by atomic mass is 9.91. The summed E-state index contributed by atoms with van der Waals surface area (Å²) in [7, 11) is -4.10. The van der Waals surface area contributed by atoms with E-state index in [1.165, 1.54) is 0 Å². The van der Waals surface area contributed by atoms with Crippen LogP contribution in [0.5, 0.6) is 5.75 Å². The molecule has 4 atom stereocenters. The summed E-state index contributed by atoms with van der Waals surface area (Å²) >= 11 is 0. The second-order valence-corrected chi connectivity index (χ2v) is 23.5. The molecule has 0 amide bonds. The van der Waals surface area contributed by atoms with Crippen molar-refractivity contribution in [2.24, 2.45) is 0 Å². The van der Waals surface area contributed by atoms with Crippen molar-refractivity contribution in [3.63, 3.8) is 0 Å². The summed E-state index contributed by atoms with van der Waals surface area (Å²) in [4.78, 5) is 13.7. The molecule has 3 rings (SSSR count). The molecule has 2 bridgehead atoms. The number of rotatable bonds is 6. The number of fused-ring (bicyclic) bond motifs is 3. The van der Waals surface area contributed by atoms with Gasteiger partial charge in [0.15, 0.2) is 8.32 Å². The van der Waals surface area contributed by atoms with Gasteiger partial charge in [-0.3, -0.25) is 0 Å². The predicted molar refractivity (Wildman–Crippen MR) is 157 cm³/mol. The van der Waals surface area contributed by atoms with Gasteiger partial charge in [-0.15, -0.1) is 6.58 Å². The third kappa shape index (κ3) is 7.17. The highest BCUT2D eigenvalue weighted by Crippen LogP contribution is 2.42. The molecule has 0 spiro atoms. The van der Waals surface area contributed by atoms with Crippen LogP contribution >= 0.6 is 0 Å². The molecule has 1 aromatic rings. The van der Waals surface area contributed by atoms with E-state index >= 15 is 0 Å². The van der Waals surface area contributed by atoms with Crippen LogP contribution < -0.4 is 4.43 Å². The molecule has 0 aliphatic carbocycles. The van der Waals surface area contributed by atoms with Crippen molar-refractivity contribution >= 4 is 22.6 Å². The molecular weight excluding hydrogens is 496 g/mol. The number of hydrogen-bond acceptors (Lipinski definition) is 5. The van der Waals surface area contributed by atoms with E-state index < -0.39 is 16.6 Å². The van der Waals surface area contributed by atoms with E-state index in [0.29, 0.717) is 30.6 Å². The fraction of sp³-hybridized carbons (Fsp3) is 0.700. The van der Waals surface area contributed by atoms with Crippen molar-refractivity contribution in [2.75, 3.05) is 0 Å². The van der Waals surface area contributed by atoms with Gasteiger partial charge in [0.25, 0.3) is 8.32 Å². The first-order chi connectivity index (χ1) is 16.9. The highest BCUT2D eigenvalue weighted by atomic mass is 28.4. The summed E-state index contributed by atoms with van der Waals surface area (Å²) in [5, 5.41) is 0.153. The van der Waals surface area contributed by atoms with Gasteiger partial charge in [0.05, 0.1) is 12.2 Å². The highest BCUT2D eigenvalue weighted by Gasteiger charge is 2.43. The summed E-state index contributed by atoms with van der Waals surface area (Å²) < 4.78 is 26.3. The predicted octanol–water partition coefficient (Wildman–Crippen LogP) is 8.06. The topological polar surface area (TPSA) is 54.0 Å². The van der Waals surface area contributed by atoms with Crippen molar-refractivity contribution in [2.45, 2.75) is 134 Å². The summed E-state index contributed by atoms with van der Waals surface area (Å²) in [6.07, 6.45) is 5.16. The molecule has 1 saturated heterocycles. The monoisotopic (exact) mass is 546 g/mol. The van der Waals surface area contributed by atoms with Crippen LogP contribution in [0.2, 0.25) is 36.3 Å². The molecule has 7 heteroatoms. The van der Waals surface area contributed by atoms with Crippen LogP contribution in [-0.2, 0) is 20.3 Å². The zero-order valence-electron chi connectivity index (χ0n) is 24.9. The molecule has 0 unspecified atom stereocenters. The van der Waals surface area contributed by atoms with E-state index in [9.17, 15) is 4.79 Å². The molecule has 5 nitrogen and oxygen atoms in total. The Morgan fingerprint density at radius 3 is 2.19 bits per heavy atom. The quantitative estimate of drug-likeness (QED) is 0.205. The molecule has 0 aromatic heterocycles. The molecule has 0 saturated carbocycles. The number of hydrogen-bond donors (Lipinski definition) is 0. The van der Waals surface area contributed by atoms with Crippen molar-refractivity contribution in [1.82, 2.24) is 0 Å². The largest absolute Gasteiger partial charge is 0.543 e. The standard InChI is InChI=1S/C30H50O5Si2/c1-12-14-22-18-24-20-25(34-36(8,9)29(2,3)4)19-23(32-24)17-21-15-13-16-26(27(21)28(31)33-22)35-37(10,11)30(5,6)7/h12-13,15-16,22-25H,1,14,17-20H2,2-11H3/t22-,23-,24-,25+/m0/s1. The van der Waals surface area contributed by atoms with E-state index in [1.54, 1.807) is 0 Å². The molecule has 1 aromatic carbocycles. The molecule has 37 heavy (non-hydrogen) atoms. The molecule has 208 valence electrons. The summed E-state index contributed by atoms with van der Waals surface area (Å²) in [5.74, 6) is 0.332. The first-order valence-electron chi connectivity index (χ1n) is 13.9. The number of cyclic esters (lactones) is 1. The Bertz CT molecular complexity index is 973. The fourth-order valence-corrected chi connectivity index (χ4v) is 7.06. The van der Waals surface area contributed by atoms with Gasteiger partial charge >= 0.3 is 5.97 Å². The van der Waals surface area contributed by atoms with Gasteiger partial charge in [-0.05, 0) is 67.2 Å². The molecule has 0 N–H and O–H groups in total. The maximum absolute atomic E-state index is 13.7. The maximum Gasteiger partial charge on any atom is 0.342 e. The molecule has 0 radical (unpaired) electrons. The Hall–Kier alpha value is -1.42. The minimum atomic E-state index is -2.17. The van der Waals surface area contributed by atoms with Crippen LogP contribution in [0.1, 0.15) is 83.1 Å². The van der Waals surface area contributed by atoms with Crippen LogP contribution in [0.25, 0.3) is 0 Å². The second-order valence-electron chi connectivity index (χ2n) is 14.0. The molecule has 2 heterocycles. The van der Waals surface area contributed by atoms with Crippen molar-refractivity contribution in [3.05, 3.63) is 42.0 Å². The van der Waals surface area contributed by atoms with Crippen LogP contribution in [-0.4, -0.2) is 47.0 Å². The average Bonchev–Trinajstić information content (AvgIpc) is 2.71. The van der Waals surface area contributed by atoms with Crippen molar-refractivity contribution in [1.29, 1.82) is 0 Å². The second kappa shape index (κ2) is 11.0. The zero-order chi connectivity index (χ0) is 27.8. The Labute approximate surface area is 227 Å². The lowest BCUT2D eigenvalue weighted by molar-refractivity contribution is -0.106. The number of carbonyl (C=O) groups is 1. The summed E-state index contributed by atoms with van der Waals surface area (Å²) in [6.45, 7) is 26.4. The van der Waals surface area contributed by atoms with Crippen LogP contribution in [0.4, 0.5) is 0 Å². The third-order valence-electron chi connectivity index (χ3n) is 8.87. The van der Waals surface area contributed by atoms with Crippen LogP contribution in [0, 0.1) is 0 Å². The first kappa shape index (κ1) is 30.1. The number of esters is 1. The van der Waals surface area contributed by atoms with Gasteiger partial charge in [0, 0.05) is 18.9 Å². The van der Waals surface area contributed by atoms with Crippen molar-refractivity contribution in [3.8, 4) is 5.75 Å². The minimum Gasteiger partial charge on any atom is -0.543 e. The minimum absolute atomic E-state index is 0.00893. The molecule has 2 aliphatic heterocycles. The lowest BCUT2D eigenvalue weighted by Gasteiger charge is -2.44. The Balaban J connectivity index is 2.00. The van der Waals surface area contributed by atoms with Gasteiger partial charge in [0.2, 0.25) is 0 Å². The van der Waals surface area contributed by atoms with Gasteiger partial charge in [-0.2, -0.15) is 0 Å². The maximum atomic E-state index is 13.7. The van der Waals surface area contributed by atoms with Crippen LogP contribution in [0.15, 0.2) is 30.9 Å². The van der Waals surface area contributed by atoms with E-state index in [-0.39, 0.29) is 40.5 Å². The summed E-state index contributed by atoms with van der Waals surface area (Å²) in [6, 6.07) is 5.93. The molecule has 2 aliphatic rings. The van der Waals surface area contributed by atoms with E-state index in [2.05, 4.69) is 74.3 Å². The van der Waals surface area contributed by atoms with E-state index in [1.807, 2.05) is 24.3 Å². The van der Waals surface area contributed by atoms with Crippen molar-refractivity contribution < 1.29 is 23.1 Å². The third-order valence-corrected chi connectivity index (χ3v) is 17.7. The normalized spacial score (nSPS) is 25.6. The first-order valence-corrected chi connectivity index (χ1v) is 19.7. The van der Waals surface area contributed by atoms with Crippen LogP contribution in [0.3, 0.4) is 0 Å². The summed E-state index contributed by atoms with van der Waals surface area (Å²) in [5.41, 5.74) is 1.48. The van der Waals surface area contributed by atoms with E-state index in [0.717, 1.165) is 18.4 Å². The molecular formula is C30H50O5Si2. The number of benzene rings is 1. The Morgan fingerprint density at radius 1 is 0.973 bits per heavy atom. The van der Waals surface area contributed by atoms with E-state index in [4.69, 9.17) is 18.3 Å². The Kier molecular flexibility index (Phi) is 8.95. The van der Waals surface area contributed by atoms with Gasteiger partial charge in [0.1, 0.15) is 17.4 Å².